The van der Waals surface area contributed by atoms with Crippen LogP contribution in [-0.4, -0.2) is 49.6 Å². The number of carbonyl (C=O) groups is 2. The van der Waals surface area contributed by atoms with Gasteiger partial charge >= 0.3 is 0 Å². The summed E-state index contributed by atoms with van der Waals surface area (Å²) in [4.78, 5) is 28.6. The van der Waals surface area contributed by atoms with E-state index < -0.39 is 0 Å². The third kappa shape index (κ3) is 4.15. The molecule has 2 aliphatic rings. The number of hydrogen-bond acceptors (Lipinski definition) is 5. The molecule has 3 heterocycles. The van der Waals surface area contributed by atoms with Crippen LogP contribution in [0.4, 0.5) is 11.4 Å². The average Bonchev–Trinajstić information content (AvgIpc) is 3.33. The monoisotopic (exact) mass is 403 g/mol. The van der Waals surface area contributed by atoms with E-state index >= 15 is 0 Å². The number of hydrogen-bond donors (Lipinski definition) is 1. The number of nitrogens with zero attached hydrogens (tertiary/aromatic N) is 2. The highest BCUT2D eigenvalue weighted by Gasteiger charge is 2.34. The highest BCUT2D eigenvalue weighted by molar-refractivity contribution is 6.33. The summed E-state index contributed by atoms with van der Waals surface area (Å²) in [5.41, 5.74) is 1.56. The maximum atomic E-state index is 12.6. The predicted octanol–water partition coefficient (Wildman–Crippen LogP) is 2.76. The Bertz CT molecular complexity index is 849. The first-order valence-corrected chi connectivity index (χ1v) is 9.71. The van der Waals surface area contributed by atoms with Crippen LogP contribution in [0.3, 0.4) is 0 Å². The van der Waals surface area contributed by atoms with Crippen LogP contribution in [0.5, 0.6) is 0 Å². The molecule has 1 aromatic carbocycles. The molecular formula is C20H22ClN3O4. The summed E-state index contributed by atoms with van der Waals surface area (Å²) in [6, 6.07) is 9.10. The number of furan rings is 1. The number of rotatable bonds is 5. The Labute approximate surface area is 168 Å². The number of morpholine rings is 1. The summed E-state index contributed by atoms with van der Waals surface area (Å²) in [6.45, 7) is 3.71. The Hall–Kier alpha value is -2.51. The van der Waals surface area contributed by atoms with Crippen molar-refractivity contribution in [3.8, 4) is 0 Å². The predicted molar refractivity (Wildman–Crippen MR) is 105 cm³/mol. The molecule has 2 saturated heterocycles. The Morgan fingerprint density at radius 1 is 1.25 bits per heavy atom. The smallest absolute Gasteiger partial charge is 0.229 e. The largest absolute Gasteiger partial charge is 0.467 e. The van der Waals surface area contributed by atoms with Crippen molar-refractivity contribution < 1.29 is 18.7 Å². The van der Waals surface area contributed by atoms with E-state index in [1.54, 1.807) is 23.3 Å². The molecule has 28 heavy (non-hydrogen) atoms. The van der Waals surface area contributed by atoms with Gasteiger partial charge in [0.2, 0.25) is 11.8 Å². The van der Waals surface area contributed by atoms with Gasteiger partial charge in [-0.3, -0.25) is 9.59 Å². The zero-order chi connectivity index (χ0) is 19.5. The van der Waals surface area contributed by atoms with Crippen LogP contribution in [0.15, 0.2) is 41.0 Å². The van der Waals surface area contributed by atoms with Crippen molar-refractivity contribution in [2.24, 2.45) is 5.92 Å². The van der Waals surface area contributed by atoms with E-state index in [0.29, 0.717) is 42.8 Å². The van der Waals surface area contributed by atoms with Gasteiger partial charge < -0.3 is 24.3 Å². The molecule has 7 nitrogen and oxygen atoms in total. The number of benzene rings is 1. The number of anilines is 2. The Balaban J connectivity index is 1.37. The van der Waals surface area contributed by atoms with E-state index in [4.69, 9.17) is 20.8 Å². The first-order valence-electron chi connectivity index (χ1n) is 9.33. The van der Waals surface area contributed by atoms with Crippen LogP contribution < -0.4 is 10.2 Å². The number of likely N-dealkylation sites (tertiary alicyclic amines) is 1. The highest BCUT2D eigenvalue weighted by atomic mass is 35.5. The minimum absolute atomic E-state index is 0.0442. The van der Waals surface area contributed by atoms with Crippen molar-refractivity contribution in [3.63, 3.8) is 0 Å². The molecule has 0 spiro atoms. The van der Waals surface area contributed by atoms with Crippen molar-refractivity contribution in [1.29, 1.82) is 0 Å². The Morgan fingerprint density at radius 3 is 2.79 bits per heavy atom. The van der Waals surface area contributed by atoms with Gasteiger partial charge in [-0.1, -0.05) is 11.6 Å². The van der Waals surface area contributed by atoms with Gasteiger partial charge in [0.1, 0.15) is 5.76 Å². The van der Waals surface area contributed by atoms with Gasteiger partial charge in [-0.25, -0.2) is 0 Å². The van der Waals surface area contributed by atoms with Crippen LogP contribution in [0, 0.1) is 5.92 Å². The van der Waals surface area contributed by atoms with Gasteiger partial charge in [0.25, 0.3) is 0 Å². The van der Waals surface area contributed by atoms with E-state index in [1.807, 2.05) is 18.2 Å². The van der Waals surface area contributed by atoms with Gasteiger partial charge in [0, 0.05) is 31.7 Å². The molecule has 1 aromatic heterocycles. The molecule has 1 N–H and O–H groups in total. The molecule has 2 aromatic rings. The fourth-order valence-corrected chi connectivity index (χ4v) is 3.88. The first-order chi connectivity index (χ1) is 13.6. The minimum atomic E-state index is -0.389. The van der Waals surface area contributed by atoms with Gasteiger partial charge in [-0.2, -0.15) is 0 Å². The normalized spacial score (nSPS) is 19.9. The summed E-state index contributed by atoms with van der Waals surface area (Å²) in [5, 5.41) is 3.47. The van der Waals surface area contributed by atoms with E-state index in [9.17, 15) is 9.59 Å². The summed E-state index contributed by atoms with van der Waals surface area (Å²) >= 11 is 6.43. The zero-order valence-electron chi connectivity index (χ0n) is 15.4. The van der Waals surface area contributed by atoms with Crippen molar-refractivity contribution in [2.45, 2.75) is 13.0 Å². The molecule has 2 amide bonds. The first kappa shape index (κ1) is 18.8. The van der Waals surface area contributed by atoms with Crippen molar-refractivity contribution in [1.82, 2.24) is 4.90 Å². The number of nitrogens with one attached hydrogen (secondary N) is 1. The maximum Gasteiger partial charge on any atom is 0.229 e. The molecule has 0 aliphatic carbocycles. The molecule has 0 unspecified atom stereocenters. The van der Waals surface area contributed by atoms with Gasteiger partial charge in [-0.05, 0) is 30.3 Å². The third-order valence-electron chi connectivity index (χ3n) is 5.08. The lowest BCUT2D eigenvalue weighted by molar-refractivity contribution is -0.128. The van der Waals surface area contributed by atoms with Crippen LogP contribution in [0.1, 0.15) is 12.2 Å². The molecular weight excluding hydrogens is 382 g/mol. The zero-order valence-corrected chi connectivity index (χ0v) is 16.2. The quantitative estimate of drug-likeness (QED) is 0.830. The van der Waals surface area contributed by atoms with E-state index in [0.717, 1.165) is 18.8 Å². The Morgan fingerprint density at radius 2 is 2.07 bits per heavy atom. The maximum absolute atomic E-state index is 12.6. The molecule has 8 heteroatoms. The highest BCUT2D eigenvalue weighted by Crippen LogP contribution is 2.30. The molecule has 0 radical (unpaired) electrons. The third-order valence-corrected chi connectivity index (χ3v) is 5.38. The molecule has 4 rings (SSSR count). The van der Waals surface area contributed by atoms with Crippen LogP contribution in [0.2, 0.25) is 5.02 Å². The molecule has 1 atom stereocenters. The Kier molecular flexibility index (Phi) is 5.54. The second-order valence-corrected chi connectivity index (χ2v) is 7.42. The van der Waals surface area contributed by atoms with Crippen molar-refractivity contribution in [2.75, 3.05) is 43.1 Å². The fourth-order valence-electron chi connectivity index (χ4n) is 3.58. The average molecular weight is 404 g/mol. The van der Waals surface area contributed by atoms with Crippen LogP contribution in [-0.2, 0) is 20.9 Å². The van der Waals surface area contributed by atoms with Crippen LogP contribution in [0.25, 0.3) is 0 Å². The topological polar surface area (TPSA) is 75.0 Å². The number of ether oxygens (including phenoxy) is 1. The number of amides is 2. The summed E-state index contributed by atoms with van der Waals surface area (Å²) in [5.74, 6) is 0.0998. The summed E-state index contributed by atoms with van der Waals surface area (Å²) in [6.07, 6.45) is 1.77. The standard InChI is InChI=1S/C20H22ClN3O4/c21-17-11-15(3-4-18(17)23-5-8-27-9-6-23)22-20(26)14-10-19(25)24(12-14)13-16-2-1-7-28-16/h1-4,7,11,14H,5-6,8-10,12-13H2,(H,22,26)/t14-/m0/s1. The number of carbonyl (C=O) groups excluding carboxylic acids is 2. The van der Waals surface area contributed by atoms with E-state index in [1.165, 1.54) is 0 Å². The summed E-state index contributed by atoms with van der Waals surface area (Å²) in [7, 11) is 0. The van der Waals surface area contributed by atoms with E-state index in [2.05, 4.69) is 10.2 Å². The summed E-state index contributed by atoms with van der Waals surface area (Å²) < 4.78 is 10.7. The number of halogens is 1. The lowest BCUT2D eigenvalue weighted by atomic mass is 10.1. The SMILES string of the molecule is O=C(Nc1ccc(N2CCOCC2)c(Cl)c1)[C@H]1CC(=O)N(Cc2ccco2)C1. The molecule has 148 valence electrons. The van der Waals surface area contributed by atoms with Gasteiger partial charge in [0.15, 0.2) is 0 Å². The second kappa shape index (κ2) is 8.24. The second-order valence-electron chi connectivity index (χ2n) is 7.01. The molecule has 0 saturated carbocycles. The van der Waals surface area contributed by atoms with Crippen molar-refractivity contribution >= 4 is 34.8 Å². The minimum Gasteiger partial charge on any atom is -0.467 e. The molecule has 2 aliphatic heterocycles. The molecule has 2 fully saturated rings. The van der Waals surface area contributed by atoms with Crippen molar-refractivity contribution in [3.05, 3.63) is 47.4 Å². The lowest BCUT2D eigenvalue weighted by Crippen LogP contribution is -2.36. The van der Waals surface area contributed by atoms with Gasteiger partial charge in [-0.15, -0.1) is 0 Å². The fraction of sp³-hybridized carbons (Fsp3) is 0.400. The van der Waals surface area contributed by atoms with Gasteiger partial charge in [0.05, 0.1) is 42.6 Å². The van der Waals surface area contributed by atoms with Crippen LogP contribution >= 0.6 is 11.6 Å². The van der Waals surface area contributed by atoms with E-state index in [-0.39, 0.29) is 24.2 Å². The lowest BCUT2D eigenvalue weighted by Gasteiger charge is -2.29. The molecule has 0 bridgehead atoms.